The smallest absolute Gasteiger partial charge is 0.199 e. The first kappa shape index (κ1) is 7.24. The topological polar surface area (TPSA) is 43.3 Å². The Labute approximate surface area is 68.6 Å². The van der Waals surface area contributed by atoms with Crippen LogP contribution < -0.4 is 5.73 Å². The van der Waals surface area contributed by atoms with Crippen molar-refractivity contribution in [3.63, 3.8) is 0 Å². The molecule has 0 spiro atoms. The fraction of sp³-hybridized carbons (Fsp3) is 0.125. The van der Waals surface area contributed by atoms with Crippen molar-refractivity contribution in [1.29, 1.82) is 0 Å². The van der Waals surface area contributed by atoms with Crippen molar-refractivity contribution in [1.82, 2.24) is 9.38 Å². The molecule has 2 aromatic rings. The van der Waals surface area contributed by atoms with Gasteiger partial charge in [0.15, 0.2) is 5.95 Å². The fourth-order valence-corrected chi connectivity index (χ4v) is 1.21. The molecule has 2 N–H and O–H groups in total. The third-order valence-electron chi connectivity index (χ3n) is 1.76. The Morgan fingerprint density at radius 1 is 1.50 bits per heavy atom. The molecule has 0 saturated heterocycles. The third-order valence-corrected chi connectivity index (χ3v) is 1.76. The third kappa shape index (κ3) is 0.887. The molecule has 62 valence electrons. The average molecular weight is 165 g/mol. The van der Waals surface area contributed by atoms with Gasteiger partial charge in [0.1, 0.15) is 5.82 Å². The highest BCUT2D eigenvalue weighted by Crippen LogP contribution is 2.08. The first-order valence-electron chi connectivity index (χ1n) is 3.64. The predicted octanol–water partition coefficient (Wildman–Crippen LogP) is 0.932. The number of hydrogen-bond donors (Lipinski definition) is 1. The molecule has 0 aromatic carbocycles. The summed E-state index contributed by atoms with van der Waals surface area (Å²) in [5, 5.41) is 0. The maximum atomic E-state index is 13.1. The van der Waals surface area contributed by atoms with Crippen molar-refractivity contribution in [2.45, 2.75) is 6.54 Å². The van der Waals surface area contributed by atoms with Crippen LogP contribution in [0.1, 0.15) is 5.82 Å². The van der Waals surface area contributed by atoms with Crippen molar-refractivity contribution < 1.29 is 4.39 Å². The van der Waals surface area contributed by atoms with E-state index in [9.17, 15) is 4.39 Å². The van der Waals surface area contributed by atoms with Crippen molar-refractivity contribution in [3.8, 4) is 0 Å². The molecule has 2 rings (SSSR count). The van der Waals surface area contributed by atoms with Gasteiger partial charge >= 0.3 is 0 Å². The van der Waals surface area contributed by atoms with Gasteiger partial charge in [-0.25, -0.2) is 4.98 Å². The SMILES string of the molecule is NCc1ncc2cccc(F)n12. The van der Waals surface area contributed by atoms with Gasteiger partial charge in [-0.3, -0.25) is 4.40 Å². The van der Waals surface area contributed by atoms with Gasteiger partial charge in [-0.05, 0) is 12.1 Å². The molecule has 2 aromatic heterocycles. The van der Waals surface area contributed by atoms with Crippen LogP contribution in [0, 0.1) is 5.95 Å². The molecular weight excluding hydrogens is 157 g/mol. The number of nitrogens with zero attached hydrogens (tertiary/aromatic N) is 2. The van der Waals surface area contributed by atoms with Crippen LogP contribution in [-0.2, 0) is 6.54 Å². The van der Waals surface area contributed by atoms with Gasteiger partial charge in [-0.1, -0.05) is 6.07 Å². The van der Waals surface area contributed by atoms with Crippen molar-refractivity contribution in [2.75, 3.05) is 0 Å². The van der Waals surface area contributed by atoms with E-state index in [1.54, 1.807) is 18.3 Å². The monoisotopic (exact) mass is 165 g/mol. The lowest BCUT2D eigenvalue weighted by atomic mass is 10.4. The van der Waals surface area contributed by atoms with E-state index in [4.69, 9.17) is 5.73 Å². The second kappa shape index (κ2) is 2.57. The fourth-order valence-electron chi connectivity index (χ4n) is 1.21. The summed E-state index contributed by atoms with van der Waals surface area (Å²) in [6.45, 7) is 0.245. The molecule has 4 heteroatoms. The summed E-state index contributed by atoms with van der Waals surface area (Å²) in [7, 11) is 0. The van der Waals surface area contributed by atoms with Crippen molar-refractivity contribution in [2.24, 2.45) is 5.73 Å². The minimum Gasteiger partial charge on any atom is -0.324 e. The zero-order valence-electron chi connectivity index (χ0n) is 6.37. The van der Waals surface area contributed by atoms with Gasteiger partial charge in [0, 0.05) is 0 Å². The second-order valence-electron chi connectivity index (χ2n) is 2.49. The van der Waals surface area contributed by atoms with Crippen LogP contribution in [0.5, 0.6) is 0 Å². The van der Waals surface area contributed by atoms with E-state index in [0.29, 0.717) is 5.82 Å². The lowest BCUT2D eigenvalue weighted by Crippen LogP contribution is -2.04. The largest absolute Gasteiger partial charge is 0.324 e. The minimum atomic E-state index is -0.328. The molecule has 12 heavy (non-hydrogen) atoms. The number of imidazole rings is 1. The van der Waals surface area contributed by atoms with Crippen LogP contribution in [-0.4, -0.2) is 9.38 Å². The molecule has 0 amide bonds. The Kier molecular flexibility index (Phi) is 1.55. The summed E-state index contributed by atoms with van der Waals surface area (Å²) in [5.74, 6) is 0.216. The Balaban J connectivity index is 2.83. The standard InChI is InChI=1S/C8H8FN3/c9-7-3-1-2-6-5-11-8(4-10)12(6)7/h1-3,5H,4,10H2. The van der Waals surface area contributed by atoms with Crippen LogP contribution in [0.2, 0.25) is 0 Å². The van der Waals surface area contributed by atoms with E-state index in [-0.39, 0.29) is 12.5 Å². The molecule has 0 aliphatic heterocycles. The van der Waals surface area contributed by atoms with E-state index >= 15 is 0 Å². The van der Waals surface area contributed by atoms with Gasteiger partial charge in [0.05, 0.1) is 18.3 Å². The van der Waals surface area contributed by atoms with Gasteiger partial charge in [0.2, 0.25) is 0 Å². The maximum Gasteiger partial charge on any atom is 0.199 e. The summed E-state index contributed by atoms with van der Waals surface area (Å²) in [6, 6.07) is 4.82. The lowest BCUT2D eigenvalue weighted by Gasteiger charge is -1.98. The van der Waals surface area contributed by atoms with Crippen molar-refractivity contribution >= 4 is 5.52 Å². The van der Waals surface area contributed by atoms with E-state index < -0.39 is 0 Å². The summed E-state index contributed by atoms with van der Waals surface area (Å²) in [4.78, 5) is 3.97. The van der Waals surface area contributed by atoms with E-state index in [2.05, 4.69) is 4.98 Å². The lowest BCUT2D eigenvalue weighted by molar-refractivity contribution is 0.558. The van der Waals surface area contributed by atoms with Gasteiger partial charge < -0.3 is 5.73 Å². The Bertz CT molecular complexity index is 408. The molecule has 3 nitrogen and oxygen atoms in total. The molecule has 0 radical (unpaired) electrons. The van der Waals surface area contributed by atoms with Gasteiger partial charge in [0.25, 0.3) is 0 Å². The predicted molar refractivity (Wildman–Crippen MR) is 43.0 cm³/mol. The summed E-state index contributed by atoms with van der Waals surface area (Å²) in [5.41, 5.74) is 6.11. The quantitative estimate of drug-likeness (QED) is 0.639. The van der Waals surface area contributed by atoms with Gasteiger partial charge in [-0.2, -0.15) is 4.39 Å². The zero-order chi connectivity index (χ0) is 8.55. The second-order valence-corrected chi connectivity index (χ2v) is 2.49. The number of pyridine rings is 1. The Morgan fingerprint density at radius 3 is 3.08 bits per heavy atom. The number of aromatic nitrogens is 2. The average Bonchev–Trinajstić information content (AvgIpc) is 2.49. The van der Waals surface area contributed by atoms with Gasteiger partial charge in [-0.15, -0.1) is 0 Å². The molecule has 0 saturated carbocycles. The van der Waals surface area contributed by atoms with Crippen LogP contribution in [0.4, 0.5) is 4.39 Å². The maximum absolute atomic E-state index is 13.1. The van der Waals surface area contributed by atoms with E-state index in [1.165, 1.54) is 10.5 Å². The molecule has 0 unspecified atom stereocenters. The summed E-state index contributed by atoms with van der Waals surface area (Å²) < 4.78 is 14.5. The molecule has 0 aliphatic rings. The first-order chi connectivity index (χ1) is 5.83. The number of nitrogens with two attached hydrogens (primary N) is 1. The highest BCUT2D eigenvalue weighted by molar-refractivity contribution is 5.45. The Morgan fingerprint density at radius 2 is 2.33 bits per heavy atom. The first-order valence-corrected chi connectivity index (χ1v) is 3.64. The highest BCUT2D eigenvalue weighted by atomic mass is 19.1. The summed E-state index contributed by atoms with van der Waals surface area (Å²) >= 11 is 0. The number of halogens is 1. The number of rotatable bonds is 1. The molecule has 2 heterocycles. The van der Waals surface area contributed by atoms with Crippen molar-refractivity contribution in [3.05, 3.63) is 36.2 Å². The Hall–Kier alpha value is -1.42. The van der Waals surface area contributed by atoms with Crippen LogP contribution in [0.15, 0.2) is 24.4 Å². The molecular formula is C8H8FN3. The van der Waals surface area contributed by atoms with E-state index in [0.717, 1.165) is 5.52 Å². The zero-order valence-corrected chi connectivity index (χ0v) is 6.37. The highest BCUT2D eigenvalue weighted by Gasteiger charge is 2.04. The normalized spacial score (nSPS) is 10.8. The molecule has 0 atom stereocenters. The van der Waals surface area contributed by atoms with Crippen LogP contribution in [0.3, 0.4) is 0 Å². The number of fused-ring (bicyclic) bond motifs is 1. The minimum absolute atomic E-state index is 0.245. The molecule has 0 fully saturated rings. The molecule has 0 bridgehead atoms. The number of hydrogen-bond acceptors (Lipinski definition) is 2. The van der Waals surface area contributed by atoms with Crippen LogP contribution in [0.25, 0.3) is 5.52 Å². The van der Waals surface area contributed by atoms with E-state index in [1.807, 2.05) is 0 Å². The van der Waals surface area contributed by atoms with Crippen LogP contribution >= 0.6 is 0 Å². The molecule has 0 aliphatic carbocycles. The summed E-state index contributed by atoms with van der Waals surface area (Å²) in [6.07, 6.45) is 1.60.